The molecule has 0 bridgehead atoms. The summed E-state index contributed by atoms with van der Waals surface area (Å²) < 4.78 is 38.8. The number of hydrogen-bond acceptors (Lipinski definition) is 4. The van der Waals surface area contributed by atoms with Crippen molar-refractivity contribution in [3.8, 4) is 0 Å². The van der Waals surface area contributed by atoms with Crippen molar-refractivity contribution in [2.75, 3.05) is 13.1 Å². The van der Waals surface area contributed by atoms with E-state index in [9.17, 15) is 22.8 Å². The Labute approximate surface area is 166 Å². The van der Waals surface area contributed by atoms with E-state index in [1.54, 1.807) is 35.4 Å². The van der Waals surface area contributed by atoms with Crippen LogP contribution in [0.5, 0.6) is 0 Å². The number of aromatic nitrogens is 1. The normalized spacial score (nSPS) is 17.6. The van der Waals surface area contributed by atoms with Crippen molar-refractivity contribution in [1.82, 2.24) is 20.5 Å². The van der Waals surface area contributed by atoms with E-state index >= 15 is 0 Å². The van der Waals surface area contributed by atoms with Gasteiger partial charge in [-0.25, -0.2) is 0 Å². The van der Waals surface area contributed by atoms with Crippen LogP contribution >= 0.6 is 0 Å². The number of carbonyl (C=O) groups excluding carboxylic acids is 2. The molecular weight excluding hydrogens is 385 g/mol. The molecule has 1 fully saturated rings. The number of amides is 2. The highest BCUT2D eigenvalue weighted by molar-refractivity contribution is 5.88. The van der Waals surface area contributed by atoms with Crippen LogP contribution in [0.2, 0.25) is 0 Å². The summed E-state index contributed by atoms with van der Waals surface area (Å²) in [5, 5.41) is 5.43. The molecule has 0 aliphatic carbocycles. The Kier molecular flexibility index (Phi) is 6.48. The summed E-state index contributed by atoms with van der Waals surface area (Å²) in [5.41, 5.74) is 0.393. The van der Waals surface area contributed by atoms with Gasteiger partial charge in [-0.05, 0) is 23.8 Å². The van der Waals surface area contributed by atoms with Gasteiger partial charge in [0.2, 0.25) is 11.8 Å². The Morgan fingerprint density at radius 1 is 1.24 bits per heavy atom. The molecular formula is C20H21F3N4O2. The van der Waals surface area contributed by atoms with Crippen molar-refractivity contribution >= 4 is 11.8 Å². The van der Waals surface area contributed by atoms with Crippen molar-refractivity contribution in [1.29, 1.82) is 0 Å². The van der Waals surface area contributed by atoms with E-state index < -0.39 is 17.8 Å². The molecule has 2 aromatic rings. The van der Waals surface area contributed by atoms with Gasteiger partial charge in [-0.3, -0.25) is 19.5 Å². The van der Waals surface area contributed by atoms with Crippen molar-refractivity contribution in [3.05, 3.63) is 65.5 Å². The second-order valence-corrected chi connectivity index (χ2v) is 6.78. The topological polar surface area (TPSA) is 74.3 Å². The quantitative estimate of drug-likeness (QED) is 0.771. The lowest BCUT2D eigenvalue weighted by atomic mass is 10.0. The van der Waals surface area contributed by atoms with Crippen molar-refractivity contribution in [2.45, 2.75) is 31.7 Å². The van der Waals surface area contributed by atoms with Gasteiger partial charge in [-0.2, -0.15) is 13.2 Å². The molecule has 9 heteroatoms. The third-order valence-electron chi connectivity index (χ3n) is 4.65. The highest BCUT2D eigenvalue weighted by Crippen LogP contribution is 2.30. The van der Waals surface area contributed by atoms with E-state index in [4.69, 9.17) is 0 Å². The highest BCUT2D eigenvalue weighted by Gasteiger charge is 2.33. The minimum atomic E-state index is -4.43. The van der Waals surface area contributed by atoms with E-state index in [0.29, 0.717) is 24.3 Å². The fraction of sp³-hybridized carbons (Fsp3) is 0.350. The predicted octanol–water partition coefficient (Wildman–Crippen LogP) is 2.11. The first-order valence-electron chi connectivity index (χ1n) is 9.17. The second kappa shape index (κ2) is 9.04. The lowest BCUT2D eigenvalue weighted by Crippen LogP contribution is -2.56. The molecule has 2 heterocycles. The van der Waals surface area contributed by atoms with Gasteiger partial charge < -0.3 is 10.6 Å². The first kappa shape index (κ1) is 20.8. The number of pyridine rings is 1. The van der Waals surface area contributed by atoms with Gasteiger partial charge in [0.1, 0.15) is 0 Å². The SMILES string of the molecule is O=C(CC1C(=O)NCCN1Cc1cccc(C(F)(F)F)c1)NCc1ccccn1. The standard InChI is InChI=1S/C20H21F3N4O2/c21-20(22,23)15-5-3-4-14(10-15)13-27-9-8-25-19(29)17(27)11-18(28)26-12-16-6-1-2-7-24-16/h1-7,10,17H,8-9,11-13H2,(H,25,29)(H,26,28). The van der Waals surface area contributed by atoms with Gasteiger partial charge in [-0.15, -0.1) is 0 Å². The molecule has 0 spiro atoms. The van der Waals surface area contributed by atoms with Gasteiger partial charge in [0.05, 0.1) is 30.3 Å². The molecule has 1 aromatic heterocycles. The number of nitrogens with zero attached hydrogens (tertiary/aromatic N) is 2. The molecule has 2 amide bonds. The molecule has 0 radical (unpaired) electrons. The molecule has 154 valence electrons. The Balaban J connectivity index is 1.64. The van der Waals surface area contributed by atoms with Crippen molar-refractivity contribution in [3.63, 3.8) is 0 Å². The molecule has 2 N–H and O–H groups in total. The summed E-state index contributed by atoms with van der Waals surface area (Å²) in [5.74, 6) is -0.636. The minimum Gasteiger partial charge on any atom is -0.353 e. The smallest absolute Gasteiger partial charge is 0.353 e. The fourth-order valence-corrected chi connectivity index (χ4v) is 3.19. The average molecular weight is 406 g/mol. The van der Waals surface area contributed by atoms with Gasteiger partial charge in [-0.1, -0.05) is 24.3 Å². The van der Waals surface area contributed by atoms with E-state index in [2.05, 4.69) is 15.6 Å². The lowest BCUT2D eigenvalue weighted by molar-refractivity contribution is -0.137. The Morgan fingerprint density at radius 2 is 2.07 bits per heavy atom. The maximum atomic E-state index is 12.9. The number of rotatable bonds is 6. The van der Waals surface area contributed by atoms with Gasteiger partial charge in [0.25, 0.3) is 0 Å². The molecule has 29 heavy (non-hydrogen) atoms. The molecule has 1 aromatic carbocycles. The summed E-state index contributed by atoms with van der Waals surface area (Å²) in [4.78, 5) is 30.5. The summed E-state index contributed by atoms with van der Waals surface area (Å²) in [6.45, 7) is 1.21. The number of piperazine rings is 1. The summed E-state index contributed by atoms with van der Waals surface area (Å²) in [6, 6.07) is 9.61. The monoisotopic (exact) mass is 406 g/mol. The molecule has 1 atom stereocenters. The first-order chi connectivity index (χ1) is 13.8. The zero-order chi connectivity index (χ0) is 20.9. The Hall–Kier alpha value is -2.94. The summed E-state index contributed by atoms with van der Waals surface area (Å²) >= 11 is 0. The number of hydrogen-bond donors (Lipinski definition) is 2. The molecule has 3 rings (SSSR count). The van der Waals surface area contributed by atoms with Crippen molar-refractivity contribution < 1.29 is 22.8 Å². The second-order valence-electron chi connectivity index (χ2n) is 6.78. The maximum Gasteiger partial charge on any atom is 0.416 e. The van der Waals surface area contributed by atoms with Crippen LogP contribution in [0.15, 0.2) is 48.7 Å². The Morgan fingerprint density at radius 3 is 2.79 bits per heavy atom. The number of nitrogens with one attached hydrogen (secondary N) is 2. The van der Waals surface area contributed by atoms with Gasteiger partial charge >= 0.3 is 6.18 Å². The zero-order valence-electron chi connectivity index (χ0n) is 15.6. The zero-order valence-corrected chi connectivity index (χ0v) is 15.6. The van der Waals surface area contributed by atoms with E-state index in [1.807, 2.05) is 0 Å². The van der Waals surface area contributed by atoms with Crippen LogP contribution in [0.4, 0.5) is 13.2 Å². The summed E-state index contributed by atoms with van der Waals surface area (Å²) in [6.07, 6.45) is -2.90. The Bertz CT molecular complexity index is 858. The van der Waals surface area contributed by atoms with Crippen LogP contribution in [0.3, 0.4) is 0 Å². The van der Waals surface area contributed by atoms with Crippen LogP contribution in [0.1, 0.15) is 23.2 Å². The van der Waals surface area contributed by atoms with Crippen LogP contribution in [-0.2, 0) is 28.9 Å². The molecule has 6 nitrogen and oxygen atoms in total. The van der Waals surface area contributed by atoms with Crippen LogP contribution in [0.25, 0.3) is 0 Å². The average Bonchev–Trinajstić information content (AvgIpc) is 2.69. The highest BCUT2D eigenvalue weighted by atomic mass is 19.4. The third kappa shape index (κ3) is 5.77. The maximum absolute atomic E-state index is 12.9. The van der Waals surface area contributed by atoms with Crippen molar-refractivity contribution in [2.24, 2.45) is 0 Å². The number of alkyl halides is 3. The van der Waals surface area contributed by atoms with Crippen LogP contribution in [-0.4, -0.2) is 40.8 Å². The molecule has 1 aliphatic heterocycles. The first-order valence-corrected chi connectivity index (χ1v) is 9.17. The molecule has 1 aliphatic rings. The van der Waals surface area contributed by atoms with E-state index in [0.717, 1.165) is 12.1 Å². The number of benzene rings is 1. The van der Waals surface area contributed by atoms with Crippen LogP contribution < -0.4 is 10.6 Å². The number of halogens is 3. The lowest BCUT2D eigenvalue weighted by Gasteiger charge is -2.34. The minimum absolute atomic E-state index is 0.0857. The number of carbonyl (C=O) groups is 2. The van der Waals surface area contributed by atoms with Gasteiger partial charge in [0.15, 0.2) is 0 Å². The van der Waals surface area contributed by atoms with Gasteiger partial charge in [0, 0.05) is 25.8 Å². The summed E-state index contributed by atoms with van der Waals surface area (Å²) in [7, 11) is 0. The molecule has 0 saturated carbocycles. The molecule has 1 saturated heterocycles. The van der Waals surface area contributed by atoms with E-state index in [-0.39, 0.29) is 31.3 Å². The fourth-order valence-electron chi connectivity index (χ4n) is 3.19. The molecule has 1 unspecified atom stereocenters. The largest absolute Gasteiger partial charge is 0.416 e. The van der Waals surface area contributed by atoms with E-state index in [1.165, 1.54) is 6.07 Å². The third-order valence-corrected chi connectivity index (χ3v) is 4.65. The van der Waals surface area contributed by atoms with Crippen LogP contribution in [0, 0.1) is 0 Å². The predicted molar refractivity (Wildman–Crippen MR) is 99.4 cm³/mol.